The molecule has 2 saturated heterocycles. The minimum absolute atomic E-state index is 0.0989. The van der Waals surface area contributed by atoms with Crippen molar-refractivity contribution in [1.82, 2.24) is 24.4 Å². The molecule has 11 nitrogen and oxygen atoms in total. The third-order valence-electron chi connectivity index (χ3n) is 7.58. The van der Waals surface area contributed by atoms with Gasteiger partial charge in [-0.15, -0.1) is 0 Å². The molecular weight excluding hydrogens is 464 g/mol. The van der Waals surface area contributed by atoms with Crippen molar-refractivity contribution in [2.24, 2.45) is 5.92 Å². The van der Waals surface area contributed by atoms with Crippen molar-refractivity contribution in [3.63, 3.8) is 0 Å². The summed E-state index contributed by atoms with van der Waals surface area (Å²) >= 11 is 0. The van der Waals surface area contributed by atoms with Crippen LogP contribution in [-0.4, -0.2) is 79.7 Å². The Labute approximate surface area is 211 Å². The summed E-state index contributed by atoms with van der Waals surface area (Å²) in [6.45, 7) is 11.3. The first-order chi connectivity index (χ1) is 17.2. The second-order valence-corrected chi connectivity index (χ2v) is 10.8. The molecule has 0 bridgehead atoms. The van der Waals surface area contributed by atoms with Gasteiger partial charge >= 0.3 is 5.97 Å². The first-order valence-electron chi connectivity index (χ1n) is 13.0. The average molecular weight is 503 g/mol. The van der Waals surface area contributed by atoms with Gasteiger partial charge in [0.15, 0.2) is 23.5 Å². The molecule has 5 rings (SSSR count). The van der Waals surface area contributed by atoms with Crippen molar-refractivity contribution < 1.29 is 23.7 Å². The van der Waals surface area contributed by atoms with Crippen molar-refractivity contribution >= 4 is 23.0 Å². The Morgan fingerprint density at radius 3 is 2.72 bits per heavy atom. The molecule has 3 aliphatic rings. The van der Waals surface area contributed by atoms with Crippen LogP contribution in [0.5, 0.6) is 0 Å². The first kappa shape index (κ1) is 25.3. The Morgan fingerprint density at radius 1 is 1.25 bits per heavy atom. The summed E-state index contributed by atoms with van der Waals surface area (Å²) in [6.07, 6.45) is 5.52. The summed E-state index contributed by atoms with van der Waals surface area (Å²) in [5, 5.41) is 0. The zero-order valence-corrected chi connectivity index (χ0v) is 21.8. The largest absolute Gasteiger partial charge is 0.466 e. The second kappa shape index (κ2) is 9.85. The van der Waals surface area contributed by atoms with E-state index in [0.717, 1.165) is 25.8 Å². The lowest BCUT2D eigenvalue weighted by Gasteiger charge is -2.46. The number of hydrogen-bond donors (Lipinski definition) is 1. The number of aromatic nitrogens is 4. The van der Waals surface area contributed by atoms with Crippen LogP contribution >= 0.6 is 0 Å². The van der Waals surface area contributed by atoms with Gasteiger partial charge in [0.2, 0.25) is 0 Å². The molecule has 2 N–H and O–H groups in total. The molecule has 2 aromatic heterocycles. The fraction of sp³-hybridized carbons (Fsp3) is 0.760. The normalized spacial score (nSPS) is 31.2. The van der Waals surface area contributed by atoms with Gasteiger partial charge in [0.25, 0.3) is 0 Å². The van der Waals surface area contributed by atoms with Crippen LogP contribution in [0.2, 0.25) is 0 Å². The third kappa shape index (κ3) is 4.81. The zero-order valence-electron chi connectivity index (χ0n) is 21.8. The number of carbonyl (C=O) groups excluding carboxylic acids is 1. The number of anilines is 1. The van der Waals surface area contributed by atoms with Crippen LogP contribution in [0.4, 0.5) is 5.82 Å². The monoisotopic (exact) mass is 502 g/mol. The van der Waals surface area contributed by atoms with Crippen LogP contribution in [-0.2, 0) is 23.7 Å². The van der Waals surface area contributed by atoms with E-state index in [1.165, 1.54) is 6.33 Å². The van der Waals surface area contributed by atoms with E-state index >= 15 is 0 Å². The lowest BCUT2D eigenvalue weighted by molar-refractivity contribution is -0.199. The number of hydrogen-bond acceptors (Lipinski definition) is 10. The standard InChI is InChI=1S/C25H38N6O5/c1-6-33-18(32)8-7-15-9-16(10-15)30(14(2)3)11-17-20-21(36-25(4,5)35-20)24(34-17)31-13-29-19-22(26)27-12-28-23(19)31/h12-17,20-21,24H,6-11H2,1-5H3,(H2,26,27,28). The summed E-state index contributed by atoms with van der Waals surface area (Å²) in [7, 11) is 0. The van der Waals surface area contributed by atoms with E-state index < -0.39 is 12.0 Å². The highest BCUT2D eigenvalue weighted by Crippen LogP contribution is 2.45. The van der Waals surface area contributed by atoms with Gasteiger partial charge in [0.05, 0.1) is 12.9 Å². The Morgan fingerprint density at radius 2 is 2.00 bits per heavy atom. The quantitative estimate of drug-likeness (QED) is 0.511. The molecule has 0 amide bonds. The summed E-state index contributed by atoms with van der Waals surface area (Å²) in [5.41, 5.74) is 7.17. The van der Waals surface area contributed by atoms with Gasteiger partial charge in [-0.3, -0.25) is 14.3 Å². The highest BCUT2D eigenvalue weighted by molar-refractivity contribution is 5.81. The van der Waals surface area contributed by atoms with Crippen LogP contribution in [0.25, 0.3) is 11.2 Å². The average Bonchev–Trinajstić information content (AvgIpc) is 3.43. The lowest BCUT2D eigenvalue weighted by atomic mass is 9.76. The Kier molecular flexibility index (Phi) is 6.92. The smallest absolute Gasteiger partial charge is 0.305 e. The predicted molar refractivity (Wildman–Crippen MR) is 132 cm³/mol. The van der Waals surface area contributed by atoms with Crippen LogP contribution in [0, 0.1) is 5.92 Å². The maximum atomic E-state index is 11.7. The summed E-state index contributed by atoms with van der Waals surface area (Å²) in [6, 6.07) is 0.800. The zero-order chi connectivity index (χ0) is 25.6. The van der Waals surface area contributed by atoms with Crippen molar-refractivity contribution in [2.45, 2.75) is 103 Å². The van der Waals surface area contributed by atoms with Gasteiger partial charge in [-0.25, -0.2) is 15.0 Å². The lowest BCUT2D eigenvalue weighted by Crippen LogP contribution is -2.52. The number of fused-ring (bicyclic) bond motifs is 2. The van der Waals surface area contributed by atoms with Crippen LogP contribution in [0.15, 0.2) is 12.7 Å². The van der Waals surface area contributed by atoms with Gasteiger partial charge in [-0.2, -0.15) is 0 Å². The highest BCUT2D eigenvalue weighted by atomic mass is 16.8. The molecule has 1 saturated carbocycles. The van der Waals surface area contributed by atoms with Gasteiger partial charge in [0.1, 0.15) is 30.2 Å². The molecule has 4 heterocycles. The molecule has 0 radical (unpaired) electrons. The van der Waals surface area contributed by atoms with E-state index in [-0.39, 0.29) is 24.3 Å². The maximum absolute atomic E-state index is 11.7. The van der Waals surface area contributed by atoms with Gasteiger partial charge in [0, 0.05) is 25.0 Å². The van der Waals surface area contributed by atoms with Crippen molar-refractivity contribution in [2.75, 3.05) is 18.9 Å². The molecule has 198 valence electrons. The minimum Gasteiger partial charge on any atom is -0.466 e. The Bertz CT molecular complexity index is 1080. The molecular formula is C25H38N6O5. The van der Waals surface area contributed by atoms with E-state index in [4.69, 9.17) is 24.7 Å². The molecule has 4 atom stereocenters. The molecule has 4 unspecified atom stereocenters. The van der Waals surface area contributed by atoms with E-state index in [1.54, 1.807) is 6.33 Å². The molecule has 3 fully saturated rings. The SMILES string of the molecule is CCOC(=O)CCC1CC(N(CC2OC(n3cnc4c(N)ncnc43)C3OC(C)(C)OC23)C(C)C)C1. The fourth-order valence-electron chi connectivity index (χ4n) is 5.84. The number of nitrogens with two attached hydrogens (primary N) is 1. The van der Waals surface area contributed by atoms with Gasteiger partial charge in [-0.05, 0) is 59.8 Å². The van der Waals surface area contributed by atoms with Crippen molar-refractivity contribution in [3.8, 4) is 0 Å². The van der Waals surface area contributed by atoms with Gasteiger partial charge < -0.3 is 24.7 Å². The molecule has 2 aliphatic heterocycles. The number of esters is 1. The molecule has 2 aromatic rings. The topological polar surface area (TPSA) is 127 Å². The maximum Gasteiger partial charge on any atom is 0.305 e. The number of nitrogen functional groups attached to an aromatic ring is 1. The number of carbonyl (C=O) groups is 1. The van der Waals surface area contributed by atoms with Crippen molar-refractivity contribution in [3.05, 3.63) is 12.7 Å². The van der Waals surface area contributed by atoms with Crippen LogP contribution in [0.1, 0.15) is 66.5 Å². The minimum atomic E-state index is -0.711. The molecule has 11 heteroatoms. The van der Waals surface area contributed by atoms with E-state index in [0.29, 0.717) is 48.0 Å². The summed E-state index contributed by atoms with van der Waals surface area (Å²) in [4.78, 5) is 27.1. The molecule has 0 spiro atoms. The summed E-state index contributed by atoms with van der Waals surface area (Å²) in [5.74, 6) is 0.0793. The van der Waals surface area contributed by atoms with Gasteiger partial charge in [-0.1, -0.05) is 0 Å². The Balaban J connectivity index is 1.29. The predicted octanol–water partition coefficient (Wildman–Crippen LogP) is 2.66. The first-order valence-corrected chi connectivity index (χ1v) is 13.0. The summed E-state index contributed by atoms with van der Waals surface area (Å²) < 4.78 is 26.2. The number of rotatable bonds is 9. The third-order valence-corrected chi connectivity index (χ3v) is 7.58. The molecule has 1 aliphatic carbocycles. The van der Waals surface area contributed by atoms with E-state index in [2.05, 4.69) is 33.7 Å². The number of imidazole rings is 1. The van der Waals surface area contributed by atoms with E-state index in [9.17, 15) is 4.79 Å². The molecule has 0 aromatic carbocycles. The fourth-order valence-corrected chi connectivity index (χ4v) is 5.84. The number of nitrogens with zero attached hydrogens (tertiary/aromatic N) is 5. The van der Waals surface area contributed by atoms with Crippen molar-refractivity contribution in [1.29, 1.82) is 0 Å². The number of ether oxygens (including phenoxy) is 4. The highest BCUT2D eigenvalue weighted by Gasteiger charge is 2.56. The molecule has 36 heavy (non-hydrogen) atoms. The van der Waals surface area contributed by atoms with E-state index in [1.807, 2.05) is 25.3 Å². The Hall–Kier alpha value is -2.34. The van der Waals surface area contributed by atoms with Crippen LogP contribution < -0.4 is 5.73 Å². The van der Waals surface area contributed by atoms with Crippen LogP contribution in [0.3, 0.4) is 0 Å². The second-order valence-electron chi connectivity index (χ2n) is 10.8.